The molecule has 7 heteroatoms. The number of carboxylic acids is 1. The summed E-state index contributed by atoms with van der Waals surface area (Å²) in [7, 11) is 0. The van der Waals surface area contributed by atoms with Crippen LogP contribution in [0, 0.1) is 0 Å². The van der Waals surface area contributed by atoms with Crippen LogP contribution in [-0.2, 0) is 17.5 Å². The zero-order valence-corrected chi connectivity index (χ0v) is 13.1. The van der Waals surface area contributed by atoms with Crippen molar-refractivity contribution in [1.82, 2.24) is 5.32 Å². The number of carboxylic acid groups (broad SMARTS) is 1. The summed E-state index contributed by atoms with van der Waals surface area (Å²) in [6.45, 7) is 2.08. The summed E-state index contributed by atoms with van der Waals surface area (Å²) < 4.78 is 43.8. The lowest BCUT2D eigenvalue weighted by atomic mass is 10.1. The van der Waals surface area contributed by atoms with Crippen molar-refractivity contribution < 1.29 is 27.5 Å². The van der Waals surface area contributed by atoms with Gasteiger partial charge in [-0.25, -0.2) is 0 Å². The Balaban J connectivity index is 2.09. The number of carbonyl (C=O) groups is 1. The molecule has 4 nitrogen and oxygen atoms in total. The predicted octanol–water partition coefficient (Wildman–Crippen LogP) is 4.31. The Hall–Kier alpha value is -2.28. The SMILES string of the molecule is CCCC(NCc1ccc(-c2cccc(C(F)(F)F)c2)o1)C(=O)O. The van der Waals surface area contributed by atoms with Gasteiger partial charge in [0.25, 0.3) is 0 Å². The summed E-state index contributed by atoms with van der Waals surface area (Å²) in [6, 6.07) is 7.37. The average molecular weight is 341 g/mol. The third-order valence-electron chi connectivity index (χ3n) is 3.53. The summed E-state index contributed by atoms with van der Waals surface area (Å²) in [5, 5.41) is 11.9. The van der Waals surface area contributed by atoms with Gasteiger partial charge in [0.2, 0.25) is 0 Å². The van der Waals surface area contributed by atoms with Gasteiger partial charge in [-0.3, -0.25) is 10.1 Å². The lowest BCUT2D eigenvalue weighted by Gasteiger charge is -2.12. The van der Waals surface area contributed by atoms with Gasteiger partial charge in [-0.05, 0) is 30.7 Å². The number of nitrogens with one attached hydrogen (secondary N) is 1. The maximum atomic E-state index is 12.8. The van der Waals surface area contributed by atoms with Crippen molar-refractivity contribution in [2.45, 2.75) is 38.5 Å². The van der Waals surface area contributed by atoms with Crippen molar-refractivity contribution >= 4 is 5.97 Å². The molecule has 2 rings (SSSR count). The van der Waals surface area contributed by atoms with Crippen LogP contribution in [0.1, 0.15) is 31.1 Å². The molecule has 130 valence electrons. The van der Waals surface area contributed by atoms with Gasteiger partial charge in [0.05, 0.1) is 12.1 Å². The van der Waals surface area contributed by atoms with Gasteiger partial charge in [0.1, 0.15) is 17.6 Å². The first kappa shape index (κ1) is 18.1. The third-order valence-corrected chi connectivity index (χ3v) is 3.53. The van der Waals surface area contributed by atoms with Crippen molar-refractivity contribution in [1.29, 1.82) is 0 Å². The molecule has 0 saturated carbocycles. The van der Waals surface area contributed by atoms with Gasteiger partial charge >= 0.3 is 12.1 Å². The van der Waals surface area contributed by atoms with E-state index in [1.54, 1.807) is 12.1 Å². The van der Waals surface area contributed by atoms with E-state index in [-0.39, 0.29) is 6.54 Å². The Morgan fingerprint density at radius 1 is 1.29 bits per heavy atom. The molecular formula is C17H18F3NO3. The largest absolute Gasteiger partial charge is 0.480 e. The fourth-order valence-electron chi connectivity index (χ4n) is 2.30. The van der Waals surface area contributed by atoms with E-state index >= 15 is 0 Å². The van der Waals surface area contributed by atoms with Gasteiger partial charge in [0.15, 0.2) is 0 Å². The molecule has 0 bridgehead atoms. The molecule has 0 spiro atoms. The number of halogens is 3. The predicted molar refractivity (Wildman–Crippen MR) is 82.3 cm³/mol. The van der Waals surface area contributed by atoms with Crippen LogP contribution in [0.25, 0.3) is 11.3 Å². The first-order valence-corrected chi connectivity index (χ1v) is 7.53. The number of aliphatic carboxylic acids is 1. The van der Waals surface area contributed by atoms with Crippen LogP contribution in [0.15, 0.2) is 40.8 Å². The van der Waals surface area contributed by atoms with E-state index in [1.807, 2.05) is 6.92 Å². The topological polar surface area (TPSA) is 62.5 Å². The minimum absolute atomic E-state index is 0.190. The molecule has 0 aliphatic rings. The molecule has 1 aromatic heterocycles. The zero-order valence-electron chi connectivity index (χ0n) is 13.1. The molecule has 0 aliphatic carbocycles. The standard InChI is InChI=1S/C17H18F3NO3/c1-2-4-14(16(22)23)21-10-13-7-8-15(24-13)11-5-3-6-12(9-11)17(18,19)20/h3,5-9,14,21H,2,4,10H2,1H3,(H,22,23). The van der Waals surface area contributed by atoms with Crippen molar-refractivity contribution in [3.05, 3.63) is 47.7 Å². The van der Waals surface area contributed by atoms with Crippen LogP contribution in [-0.4, -0.2) is 17.1 Å². The van der Waals surface area contributed by atoms with Crippen LogP contribution < -0.4 is 5.32 Å². The number of alkyl halides is 3. The van der Waals surface area contributed by atoms with Crippen molar-refractivity contribution in [2.75, 3.05) is 0 Å². The zero-order chi connectivity index (χ0) is 17.7. The molecule has 0 aliphatic heterocycles. The Bertz CT molecular complexity index is 694. The van der Waals surface area contributed by atoms with E-state index in [9.17, 15) is 18.0 Å². The Morgan fingerprint density at radius 3 is 2.67 bits per heavy atom. The first-order chi connectivity index (χ1) is 11.3. The molecule has 0 saturated heterocycles. The van der Waals surface area contributed by atoms with E-state index in [2.05, 4.69) is 5.32 Å². The minimum Gasteiger partial charge on any atom is -0.480 e. The highest BCUT2D eigenvalue weighted by atomic mass is 19.4. The first-order valence-electron chi connectivity index (χ1n) is 7.53. The molecule has 0 radical (unpaired) electrons. The number of rotatable bonds is 7. The second kappa shape index (κ2) is 7.53. The molecule has 24 heavy (non-hydrogen) atoms. The molecule has 1 aromatic carbocycles. The minimum atomic E-state index is -4.41. The normalized spacial score (nSPS) is 13.0. The number of furan rings is 1. The Morgan fingerprint density at radius 2 is 2.04 bits per heavy atom. The fraction of sp³-hybridized carbons (Fsp3) is 0.353. The molecule has 1 unspecified atom stereocenters. The van der Waals surface area contributed by atoms with Gasteiger partial charge in [0, 0.05) is 5.56 Å². The maximum Gasteiger partial charge on any atom is 0.416 e. The number of hydrogen-bond donors (Lipinski definition) is 2. The van der Waals surface area contributed by atoms with Crippen LogP contribution >= 0.6 is 0 Å². The molecule has 2 aromatic rings. The van der Waals surface area contributed by atoms with Crippen LogP contribution in [0.4, 0.5) is 13.2 Å². The second-order valence-electron chi connectivity index (χ2n) is 5.40. The monoisotopic (exact) mass is 341 g/mol. The van der Waals surface area contributed by atoms with Crippen molar-refractivity contribution in [3.8, 4) is 11.3 Å². The highest BCUT2D eigenvalue weighted by molar-refractivity contribution is 5.73. The van der Waals surface area contributed by atoms with E-state index in [4.69, 9.17) is 9.52 Å². The fourth-order valence-corrected chi connectivity index (χ4v) is 2.30. The van der Waals surface area contributed by atoms with Crippen molar-refractivity contribution in [3.63, 3.8) is 0 Å². The Labute approximate surface area is 137 Å². The number of benzene rings is 1. The molecule has 0 fully saturated rings. The summed E-state index contributed by atoms with van der Waals surface area (Å²) in [5.74, 6) is -0.175. The highest BCUT2D eigenvalue weighted by Crippen LogP contribution is 2.32. The number of hydrogen-bond acceptors (Lipinski definition) is 3. The van der Waals surface area contributed by atoms with E-state index in [0.717, 1.165) is 18.6 Å². The van der Waals surface area contributed by atoms with Gasteiger partial charge < -0.3 is 9.52 Å². The summed E-state index contributed by atoms with van der Waals surface area (Å²) >= 11 is 0. The van der Waals surface area contributed by atoms with E-state index in [1.165, 1.54) is 12.1 Å². The van der Waals surface area contributed by atoms with E-state index < -0.39 is 23.8 Å². The Kier molecular flexibility index (Phi) is 5.66. The molecule has 1 heterocycles. The third kappa shape index (κ3) is 4.61. The summed E-state index contributed by atoms with van der Waals surface area (Å²) in [4.78, 5) is 11.1. The van der Waals surface area contributed by atoms with Crippen LogP contribution in [0.3, 0.4) is 0 Å². The molecule has 1 atom stereocenters. The molecular weight excluding hydrogens is 323 g/mol. The maximum absolute atomic E-state index is 12.8. The molecule has 2 N–H and O–H groups in total. The van der Waals surface area contributed by atoms with Gasteiger partial charge in [-0.15, -0.1) is 0 Å². The summed E-state index contributed by atoms with van der Waals surface area (Å²) in [6.07, 6.45) is -3.21. The van der Waals surface area contributed by atoms with Crippen molar-refractivity contribution in [2.24, 2.45) is 0 Å². The quantitative estimate of drug-likeness (QED) is 0.788. The smallest absolute Gasteiger partial charge is 0.416 e. The van der Waals surface area contributed by atoms with E-state index in [0.29, 0.717) is 23.5 Å². The summed E-state index contributed by atoms with van der Waals surface area (Å²) in [5.41, 5.74) is -0.427. The van der Waals surface area contributed by atoms with Crippen LogP contribution in [0.5, 0.6) is 0 Å². The van der Waals surface area contributed by atoms with Crippen LogP contribution in [0.2, 0.25) is 0 Å². The lowest BCUT2D eigenvalue weighted by molar-refractivity contribution is -0.140. The average Bonchev–Trinajstić information content (AvgIpc) is 2.99. The lowest BCUT2D eigenvalue weighted by Crippen LogP contribution is -2.35. The van der Waals surface area contributed by atoms with Gasteiger partial charge in [-0.1, -0.05) is 25.5 Å². The second-order valence-corrected chi connectivity index (χ2v) is 5.40. The molecule has 0 amide bonds. The van der Waals surface area contributed by atoms with Gasteiger partial charge in [-0.2, -0.15) is 13.2 Å². The highest BCUT2D eigenvalue weighted by Gasteiger charge is 2.30.